The third-order valence-corrected chi connectivity index (χ3v) is 5.63. The van der Waals surface area contributed by atoms with Crippen LogP contribution in [0.4, 0.5) is 0 Å². The van der Waals surface area contributed by atoms with Gasteiger partial charge in [-0.05, 0) is 68.1 Å². The van der Waals surface area contributed by atoms with Crippen LogP contribution in [-0.4, -0.2) is 27.0 Å². The number of hydrogen-bond donors (Lipinski definition) is 1. The van der Waals surface area contributed by atoms with Crippen molar-refractivity contribution in [3.05, 3.63) is 89.5 Å². The third-order valence-electron chi connectivity index (χ3n) is 5.63. The molecular formula is C26H28N4O2. The second-order valence-corrected chi connectivity index (χ2v) is 7.82. The highest BCUT2D eigenvalue weighted by Crippen LogP contribution is 2.21. The van der Waals surface area contributed by atoms with Crippen molar-refractivity contribution in [2.24, 2.45) is 0 Å². The number of imidazole rings is 1. The minimum absolute atomic E-state index is 0.203. The molecule has 164 valence electrons. The van der Waals surface area contributed by atoms with Gasteiger partial charge >= 0.3 is 0 Å². The number of aryl methyl sites for hydroxylation is 2. The lowest BCUT2D eigenvalue weighted by molar-refractivity contribution is 0.0944. The topological polar surface area (TPSA) is 69.0 Å². The molecule has 4 rings (SSSR count). The second kappa shape index (κ2) is 10.1. The normalized spacial score (nSPS) is 10.9. The zero-order valence-corrected chi connectivity index (χ0v) is 18.5. The van der Waals surface area contributed by atoms with Crippen molar-refractivity contribution in [2.45, 2.75) is 39.8 Å². The first kappa shape index (κ1) is 21.6. The molecule has 0 fully saturated rings. The van der Waals surface area contributed by atoms with Gasteiger partial charge in [0.2, 0.25) is 0 Å². The van der Waals surface area contributed by atoms with Crippen LogP contribution < -0.4 is 10.1 Å². The summed E-state index contributed by atoms with van der Waals surface area (Å²) in [4.78, 5) is 21.3. The van der Waals surface area contributed by atoms with E-state index in [1.807, 2.05) is 30.3 Å². The van der Waals surface area contributed by atoms with Gasteiger partial charge in [-0.25, -0.2) is 4.98 Å². The molecule has 2 heterocycles. The van der Waals surface area contributed by atoms with E-state index in [-0.39, 0.29) is 5.91 Å². The van der Waals surface area contributed by atoms with Crippen LogP contribution in [0.5, 0.6) is 5.75 Å². The van der Waals surface area contributed by atoms with Gasteiger partial charge < -0.3 is 14.6 Å². The Balaban J connectivity index is 1.38. The van der Waals surface area contributed by atoms with Gasteiger partial charge in [-0.2, -0.15) is 0 Å². The molecule has 32 heavy (non-hydrogen) atoms. The Morgan fingerprint density at radius 3 is 2.69 bits per heavy atom. The Bertz CT molecular complexity index is 1200. The van der Waals surface area contributed by atoms with Crippen LogP contribution in [0, 0.1) is 13.8 Å². The lowest BCUT2D eigenvalue weighted by Gasteiger charge is -2.12. The fraction of sp³-hybridized carbons (Fsp3) is 0.269. The van der Waals surface area contributed by atoms with Gasteiger partial charge in [0.1, 0.15) is 17.3 Å². The molecule has 0 unspecified atom stereocenters. The van der Waals surface area contributed by atoms with E-state index >= 15 is 0 Å². The highest BCUT2D eigenvalue weighted by Gasteiger charge is 2.13. The first-order valence-corrected chi connectivity index (χ1v) is 11.0. The van der Waals surface area contributed by atoms with E-state index < -0.39 is 0 Å². The zero-order valence-electron chi connectivity index (χ0n) is 18.5. The summed E-state index contributed by atoms with van der Waals surface area (Å²) < 4.78 is 8.18. The molecule has 0 radical (unpaired) electrons. The molecule has 0 aliphatic carbocycles. The van der Waals surface area contributed by atoms with Gasteiger partial charge in [0.25, 0.3) is 5.91 Å². The number of nitrogens with zero attached hydrogens (tertiary/aromatic N) is 3. The molecule has 2 aromatic heterocycles. The first-order valence-electron chi connectivity index (χ1n) is 11.0. The summed E-state index contributed by atoms with van der Waals surface area (Å²) in [6, 6.07) is 19.5. The molecule has 0 bridgehead atoms. The van der Waals surface area contributed by atoms with Crippen LogP contribution in [0.15, 0.2) is 66.9 Å². The number of unbranched alkanes of at least 4 members (excludes halogenated alkanes) is 1. The van der Waals surface area contributed by atoms with Gasteiger partial charge in [-0.1, -0.05) is 30.3 Å². The second-order valence-electron chi connectivity index (χ2n) is 7.82. The number of carbonyl (C=O) groups excluding carboxylic acids is 1. The van der Waals surface area contributed by atoms with Crippen LogP contribution in [0.1, 0.15) is 40.3 Å². The van der Waals surface area contributed by atoms with Gasteiger partial charge in [0, 0.05) is 12.7 Å². The van der Waals surface area contributed by atoms with Crippen LogP contribution in [0.2, 0.25) is 0 Å². The van der Waals surface area contributed by atoms with Crippen molar-refractivity contribution in [1.82, 2.24) is 19.9 Å². The molecule has 1 amide bonds. The summed E-state index contributed by atoms with van der Waals surface area (Å²) in [6.45, 7) is 6.02. The van der Waals surface area contributed by atoms with Crippen molar-refractivity contribution in [3.63, 3.8) is 0 Å². The van der Waals surface area contributed by atoms with E-state index in [0.29, 0.717) is 18.8 Å². The van der Waals surface area contributed by atoms with Gasteiger partial charge in [-0.15, -0.1) is 0 Å². The number of aromatic nitrogens is 3. The van der Waals surface area contributed by atoms with Crippen LogP contribution >= 0.6 is 0 Å². The van der Waals surface area contributed by atoms with E-state index in [1.165, 1.54) is 11.1 Å². The van der Waals surface area contributed by atoms with E-state index in [2.05, 4.69) is 40.8 Å². The monoisotopic (exact) mass is 428 g/mol. The molecule has 6 heteroatoms. The van der Waals surface area contributed by atoms with Crippen LogP contribution in [0.25, 0.3) is 11.0 Å². The van der Waals surface area contributed by atoms with Crippen molar-refractivity contribution in [1.29, 1.82) is 0 Å². The lowest BCUT2D eigenvalue weighted by atomic mass is 10.1. The fourth-order valence-electron chi connectivity index (χ4n) is 3.69. The number of benzene rings is 2. The first-order chi connectivity index (χ1) is 15.6. The molecule has 0 aliphatic rings. The van der Waals surface area contributed by atoms with Crippen molar-refractivity contribution < 1.29 is 9.53 Å². The summed E-state index contributed by atoms with van der Waals surface area (Å²) in [5.41, 5.74) is 4.84. The van der Waals surface area contributed by atoms with E-state index in [4.69, 9.17) is 9.72 Å². The molecule has 0 atom stereocenters. The number of pyridine rings is 1. The molecule has 2 aromatic carbocycles. The van der Waals surface area contributed by atoms with Gasteiger partial charge in [0.15, 0.2) is 0 Å². The van der Waals surface area contributed by atoms with Crippen molar-refractivity contribution in [3.8, 4) is 5.75 Å². The van der Waals surface area contributed by atoms with E-state index in [1.54, 1.807) is 24.4 Å². The molecular weight excluding hydrogens is 400 g/mol. The number of fused-ring (bicyclic) bond motifs is 1. The highest BCUT2D eigenvalue weighted by molar-refractivity contribution is 5.92. The number of rotatable bonds is 9. The number of hydrogen-bond acceptors (Lipinski definition) is 4. The Labute approximate surface area is 188 Å². The quantitative estimate of drug-likeness (QED) is 0.388. The smallest absolute Gasteiger partial charge is 0.270 e. The molecule has 1 N–H and O–H groups in total. The maximum atomic E-state index is 12.4. The number of amides is 1. The Kier molecular flexibility index (Phi) is 6.80. The van der Waals surface area contributed by atoms with Crippen LogP contribution in [0.3, 0.4) is 0 Å². The fourth-order valence-corrected chi connectivity index (χ4v) is 3.69. The number of nitrogens with one attached hydrogen (secondary N) is 1. The minimum atomic E-state index is -0.203. The lowest BCUT2D eigenvalue weighted by Crippen LogP contribution is -2.25. The molecule has 0 aliphatic heterocycles. The molecule has 0 saturated heterocycles. The average Bonchev–Trinajstić information content (AvgIpc) is 3.18. The predicted molar refractivity (Wildman–Crippen MR) is 126 cm³/mol. The largest absolute Gasteiger partial charge is 0.493 e. The summed E-state index contributed by atoms with van der Waals surface area (Å²) in [5.74, 6) is 1.59. The summed E-state index contributed by atoms with van der Waals surface area (Å²) in [5, 5.41) is 2.94. The average molecular weight is 429 g/mol. The number of ether oxygens (including phenoxy) is 1. The van der Waals surface area contributed by atoms with Crippen molar-refractivity contribution in [2.75, 3.05) is 6.61 Å². The molecule has 0 spiro atoms. The van der Waals surface area contributed by atoms with E-state index in [9.17, 15) is 4.79 Å². The maximum Gasteiger partial charge on any atom is 0.270 e. The summed E-state index contributed by atoms with van der Waals surface area (Å²) in [6.07, 6.45) is 3.50. The minimum Gasteiger partial charge on any atom is -0.493 e. The Morgan fingerprint density at radius 1 is 1.00 bits per heavy atom. The number of carbonyl (C=O) groups is 1. The summed E-state index contributed by atoms with van der Waals surface area (Å²) in [7, 11) is 0. The summed E-state index contributed by atoms with van der Waals surface area (Å²) >= 11 is 0. The van der Waals surface area contributed by atoms with Gasteiger partial charge in [0.05, 0.1) is 24.2 Å². The zero-order chi connectivity index (χ0) is 22.3. The molecule has 6 nitrogen and oxygen atoms in total. The van der Waals surface area contributed by atoms with Gasteiger partial charge in [-0.3, -0.25) is 9.78 Å². The molecule has 0 saturated carbocycles. The van der Waals surface area contributed by atoms with Crippen molar-refractivity contribution >= 4 is 16.9 Å². The third kappa shape index (κ3) is 4.97. The SMILES string of the molecule is Cc1cccc(OCCCCn2c(CNC(=O)c3ccccn3)nc3ccccc32)c1C. The molecule has 4 aromatic rings. The Morgan fingerprint density at radius 2 is 1.84 bits per heavy atom. The number of para-hydroxylation sites is 2. The van der Waals surface area contributed by atoms with E-state index in [0.717, 1.165) is 42.0 Å². The standard InChI is InChI=1S/C26H28N4O2/c1-19-10-9-14-24(20(19)2)32-17-8-7-16-30-23-13-4-3-11-21(23)29-25(30)18-28-26(31)22-12-5-6-15-27-22/h3-6,9-15H,7-8,16-18H2,1-2H3,(H,28,31). The predicted octanol–water partition coefficient (Wildman–Crippen LogP) is 4.84. The van der Waals surface area contributed by atoms with Crippen LogP contribution in [-0.2, 0) is 13.1 Å². The highest BCUT2D eigenvalue weighted by atomic mass is 16.5. The maximum absolute atomic E-state index is 12.4. The Hall–Kier alpha value is -3.67.